The van der Waals surface area contributed by atoms with Crippen LogP contribution in [0.2, 0.25) is 18.1 Å². The molecule has 1 aromatic carbocycles. The van der Waals surface area contributed by atoms with Crippen LogP contribution in [0, 0.1) is 5.21 Å². The Kier molecular flexibility index (Phi) is 8.08. The van der Waals surface area contributed by atoms with Crippen LogP contribution in [0.3, 0.4) is 0 Å². The number of pyridine rings is 1. The molecule has 0 amide bonds. The monoisotopic (exact) mass is 401 g/mol. The molecule has 1 heterocycles. The molecule has 0 bridgehead atoms. The van der Waals surface area contributed by atoms with Crippen LogP contribution < -0.4 is 4.73 Å². The van der Waals surface area contributed by atoms with Gasteiger partial charge in [0.1, 0.15) is 0 Å². The molecule has 2 aromatic rings. The van der Waals surface area contributed by atoms with E-state index in [2.05, 4.69) is 52.9 Å². The first-order valence-corrected chi connectivity index (χ1v) is 13.9. The van der Waals surface area contributed by atoms with E-state index >= 15 is 0 Å². The molecule has 3 nitrogen and oxygen atoms in total. The van der Waals surface area contributed by atoms with E-state index in [1.807, 2.05) is 12.1 Å². The molecule has 1 unspecified atom stereocenters. The van der Waals surface area contributed by atoms with Crippen LogP contribution in [0.1, 0.15) is 84.3 Å². The van der Waals surface area contributed by atoms with Gasteiger partial charge in [-0.1, -0.05) is 72.3 Å². The average molecular weight is 402 g/mol. The van der Waals surface area contributed by atoms with E-state index in [-0.39, 0.29) is 11.1 Å². The number of unbranched alkanes of at least 4 members (excludes halogenated alkanes) is 5. The number of aromatic nitrogens is 1. The van der Waals surface area contributed by atoms with E-state index < -0.39 is 8.32 Å². The summed E-state index contributed by atoms with van der Waals surface area (Å²) in [5.41, 5.74) is 1.87. The van der Waals surface area contributed by atoms with Gasteiger partial charge in [0.2, 0.25) is 5.52 Å². The van der Waals surface area contributed by atoms with Gasteiger partial charge >= 0.3 is 0 Å². The third kappa shape index (κ3) is 6.05. The highest BCUT2D eigenvalue weighted by Crippen LogP contribution is 2.41. The molecule has 0 aliphatic heterocycles. The van der Waals surface area contributed by atoms with Crippen LogP contribution in [0.4, 0.5) is 0 Å². The fourth-order valence-electron chi connectivity index (χ4n) is 3.33. The van der Waals surface area contributed by atoms with Crippen molar-refractivity contribution in [2.24, 2.45) is 0 Å². The Hall–Kier alpha value is -1.39. The second-order valence-corrected chi connectivity index (χ2v) is 14.3. The standard InChI is InChI=1S/C24H39NO2Si/c1-7-8-9-10-11-12-15-23(27-28(5,6)24(2,3)4)21-17-16-20-14-13-18-25(26)22(20)19-21/h13-14,16-19,23H,7-12,15H2,1-6H3. The Morgan fingerprint density at radius 2 is 1.71 bits per heavy atom. The maximum absolute atomic E-state index is 12.2. The van der Waals surface area contributed by atoms with Gasteiger partial charge in [0.05, 0.1) is 6.10 Å². The SMILES string of the molecule is CCCCCCCCC(O[Si](C)(C)C(C)(C)C)c1ccc2ccc[n+]([O-])c2c1. The van der Waals surface area contributed by atoms with Gasteiger partial charge in [0, 0.05) is 17.5 Å². The number of nitrogens with zero attached hydrogens (tertiary/aromatic N) is 1. The largest absolute Gasteiger partial charge is 0.618 e. The molecule has 156 valence electrons. The number of hydrogen-bond donors (Lipinski definition) is 0. The molecule has 0 fully saturated rings. The lowest BCUT2D eigenvalue weighted by atomic mass is 10.0. The molecule has 0 aliphatic carbocycles. The van der Waals surface area contributed by atoms with Crippen molar-refractivity contribution in [1.82, 2.24) is 0 Å². The molecule has 1 atom stereocenters. The van der Waals surface area contributed by atoms with E-state index in [1.54, 1.807) is 12.3 Å². The molecular weight excluding hydrogens is 362 g/mol. The second kappa shape index (κ2) is 9.88. The quantitative estimate of drug-likeness (QED) is 0.181. The fraction of sp³-hybridized carbons (Fsp3) is 0.625. The first-order valence-electron chi connectivity index (χ1n) is 11.0. The van der Waals surface area contributed by atoms with Gasteiger partial charge in [-0.05, 0) is 42.2 Å². The van der Waals surface area contributed by atoms with Crippen LogP contribution >= 0.6 is 0 Å². The van der Waals surface area contributed by atoms with E-state index in [0.29, 0.717) is 0 Å². The summed E-state index contributed by atoms with van der Waals surface area (Å²) in [6.07, 6.45) is 10.3. The van der Waals surface area contributed by atoms with Crippen molar-refractivity contribution in [1.29, 1.82) is 0 Å². The number of hydrogen-bond acceptors (Lipinski definition) is 2. The van der Waals surface area contributed by atoms with Crippen LogP contribution in [0.25, 0.3) is 10.9 Å². The highest BCUT2D eigenvalue weighted by Gasteiger charge is 2.39. The van der Waals surface area contributed by atoms with Crippen molar-refractivity contribution in [2.75, 3.05) is 0 Å². The lowest BCUT2D eigenvalue weighted by Gasteiger charge is -2.39. The summed E-state index contributed by atoms with van der Waals surface area (Å²) in [6.45, 7) is 13.7. The molecule has 2 rings (SSSR count). The zero-order valence-corrected chi connectivity index (χ0v) is 19.8. The molecule has 28 heavy (non-hydrogen) atoms. The van der Waals surface area contributed by atoms with Gasteiger partial charge in [-0.15, -0.1) is 0 Å². The van der Waals surface area contributed by atoms with Crippen LogP contribution in [-0.2, 0) is 4.43 Å². The number of benzene rings is 1. The third-order valence-corrected chi connectivity index (χ3v) is 10.7. The Labute approximate surface area is 172 Å². The summed E-state index contributed by atoms with van der Waals surface area (Å²) in [5.74, 6) is 0. The van der Waals surface area contributed by atoms with Gasteiger partial charge in [0.25, 0.3) is 0 Å². The zero-order chi connectivity index (χ0) is 20.8. The van der Waals surface area contributed by atoms with Crippen LogP contribution in [-0.4, -0.2) is 8.32 Å². The summed E-state index contributed by atoms with van der Waals surface area (Å²) in [4.78, 5) is 0. The van der Waals surface area contributed by atoms with Gasteiger partial charge < -0.3 is 9.63 Å². The normalized spacial score (nSPS) is 13.8. The lowest BCUT2D eigenvalue weighted by Crippen LogP contribution is -2.41. The second-order valence-electron chi connectivity index (χ2n) is 9.58. The molecule has 0 radical (unpaired) electrons. The van der Waals surface area contributed by atoms with Gasteiger partial charge in [0.15, 0.2) is 14.5 Å². The van der Waals surface area contributed by atoms with E-state index in [9.17, 15) is 5.21 Å². The topological polar surface area (TPSA) is 36.2 Å². The third-order valence-electron chi connectivity index (χ3n) is 6.22. The van der Waals surface area contributed by atoms with Crippen molar-refractivity contribution in [3.63, 3.8) is 0 Å². The van der Waals surface area contributed by atoms with Crippen molar-refractivity contribution in [3.05, 3.63) is 47.3 Å². The Morgan fingerprint density at radius 1 is 1.04 bits per heavy atom. The van der Waals surface area contributed by atoms with Crippen molar-refractivity contribution in [3.8, 4) is 0 Å². The van der Waals surface area contributed by atoms with Crippen molar-refractivity contribution < 1.29 is 9.16 Å². The minimum absolute atomic E-state index is 0.0664. The molecule has 0 saturated heterocycles. The van der Waals surface area contributed by atoms with Crippen LogP contribution in [0.5, 0.6) is 0 Å². The number of fused-ring (bicyclic) bond motifs is 1. The lowest BCUT2D eigenvalue weighted by molar-refractivity contribution is -0.577. The minimum atomic E-state index is -1.90. The first kappa shape index (κ1) is 22.9. The summed E-state index contributed by atoms with van der Waals surface area (Å²) >= 11 is 0. The summed E-state index contributed by atoms with van der Waals surface area (Å²) < 4.78 is 7.80. The van der Waals surface area contributed by atoms with E-state index in [4.69, 9.17) is 4.43 Å². The summed E-state index contributed by atoms with van der Waals surface area (Å²) in [6, 6.07) is 10.0. The van der Waals surface area contributed by atoms with Gasteiger partial charge in [-0.25, -0.2) is 0 Å². The van der Waals surface area contributed by atoms with Gasteiger partial charge in [-0.2, -0.15) is 4.73 Å². The smallest absolute Gasteiger partial charge is 0.224 e. The summed E-state index contributed by atoms with van der Waals surface area (Å²) in [5, 5.41) is 13.4. The predicted molar refractivity (Wildman–Crippen MR) is 122 cm³/mol. The average Bonchev–Trinajstić information content (AvgIpc) is 2.62. The van der Waals surface area contributed by atoms with Gasteiger partial charge in [-0.3, -0.25) is 0 Å². The fourth-order valence-corrected chi connectivity index (χ4v) is 4.65. The van der Waals surface area contributed by atoms with E-state index in [1.165, 1.54) is 38.5 Å². The Bertz CT molecular complexity index is 752. The van der Waals surface area contributed by atoms with Crippen molar-refractivity contribution in [2.45, 2.75) is 96.9 Å². The molecule has 0 aliphatic rings. The Balaban J connectivity index is 2.21. The van der Waals surface area contributed by atoms with E-state index in [0.717, 1.165) is 27.6 Å². The number of rotatable bonds is 10. The first-order chi connectivity index (χ1) is 13.2. The Morgan fingerprint density at radius 3 is 2.39 bits per heavy atom. The molecule has 0 saturated carbocycles. The molecular formula is C24H39NO2Si. The van der Waals surface area contributed by atoms with Crippen molar-refractivity contribution >= 4 is 19.2 Å². The highest BCUT2D eigenvalue weighted by molar-refractivity contribution is 6.74. The molecule has 0 N–H and O–H groups in total. The minimum Gasteiger partial charge on any atom is -0.618 e. The molecule has 0 spiro atoms. The summed E-state index contributed by atoms with van der Waals surface area (Å²) in [7, 11) is -1.90. The maximum Gasteiger partial charge on any atom is 0.224 e. The zero-order valence-electron chi connectivity index (χ0n) is 18.8. The molecule has 4 heteroatoms. The maximum atomic E-state index is 12.2. The predicted octanol–water partition coefficient (Wildman–Crippen LogP) is 7.29. The van der Waals surface area contributed by atoms with Crippen LogP contribution in [0.15, 0.2) is 36.5 Å². The molecule has 1 aromatic heterocycles. The highest BCUT2D eigenvalue weighted by atomic mass is 28.4.